The number of primary amides is 1. The Balaban J connectivity index is 1.67. The monoisotopic (exact) mass is 593 g/mol. The summed E-state index contributed by atoms with van der Waals surface area (Å²) in [7, 11) is 4.80. The first kappa shape index (κ1) is 30.7. The summed E-state index contributed by atoms with van der Waals surface area (Å²) in [6.45, 7) is 3.57. The molecule has 2 saturated carbocycles. The second kappa shape index (κ2) is 11.4. The van der Waals surface area contributed by atoms with Gasteiger partial charge in [0, 0.05) is 29.6 Å². The highest BCUT2D eigenvalue weighted by atomic mass is 16.5. The molecular weight excluding hydrogens is 554 g/mol. The minimum Gasteiger partial charge on any atom is -0.507 e. The van der Waals surface area contributed by atoms with E-state index >= 15 is 0 Å². The lowest BCUT2D eigenvalue weighted by molar-refractivity contribution is -0.184. The van der Waals surface area contributed by atoms with E-state index in [2.05, 4.69) is 12.2 Å². The van der Waals surface area contributed by atoms with E-state index < -0.39 is 58.7 Å². The molecule has 0 aliphatic heterocycles. The number of Topliss-reactive ketones (excluding diaryl/α,β-unsaturated/α-hetero) is 2. The zero-order valence-corrected chi connectivity index (χ0v) is 24.8. The second-order valence-corrected chi connectivity index (χ2v) is 12.0. The lowest BCUT2D eigenvalue weighted by atomic mass is 9.54. The molecule has 6 atom stereocenters. The first-order valence-electron chi connectivity index (χ1n) is 14.5. The highest BCUT2D eigenvalue weighted by Crippen LogP contribution is 2.53. The van der Waals surface area contributed by atoms with Crippen LogP contribution in [0.15, 0.2) is 35.9 Å². The summed E-state index contributed by atoms with van der Waals surface area (Å²) >= 11 is 0. The van der Waals surface area contributed by atoms with Gasteiger partial charge in [-0.1, -0.05) is 19.1 Å². The van der Waals surface area contributed by atoms with Crippen LogP contribution in [-0.4, -0.2) is 88.3 Å². The Bertz CT molecular complexity index is 1520. The number of aliphatic hydroxyl groups excluding tert-OH is 2. The Kier molecular flexibility index (Phi) is 8.12. The van der Waals surface area contributed by atoms with Crippen molar-refractivity contribution in [2.24, 2.45) is 23.5 Å². The van der Waals surface area contributed by atoms with Crippen molar-refractivity contribution in [2.75, 3.05) is 27.7 Å². The number of phenols is 1. The Morgan fingerprint density at radius 3 is 2.51 bits per heavy atom. The number of rotatable bonds is 8. The number of ether oxygens (including phenoxy) is 1. The predicted octanol–water partition coefficient (Wildman–Crippen LogP) is 1.30. The average Bonchev–Trinajstić information content (AvgIpc) is 2.95. The lowest BCUT2D eigenvalue weighted by Gasteiger charge is -2.53. The van der Waals surface area contributed by atoms with E-state index in [1.54, 1.807) is 32.2 Å². The molecule has 5 rings (SSSR count). The van der Waals surface area contributed by atoms with Gasteiger partial charge in [0.15, 0.2) is 11.4 Å². The molecule has 0 spiro atoms. The molecule has 11 nitrogen and oxygen atoms in total. The number of carbonyl (C=O) groups excluding carboxylic acids is 3. The first-order valence-corrected chi connectivity index (χ1v) is 14.5. The van der Waals surface area contributed by atoms with Crippen molar-refractivity contribution in [2.45, 2.75) is 50.5 Å². The number of fused-ring (bicyclic) bond motifs is 3. The number of nitrogens with two attached hydrogens (primary N) is 1. The molecule has 7 N–H and O–H groups in total. The number of nitrogens with one attached hydrogen (secondary N) is 1. The molecule has 0 saturated heterocycles. The normalized spacial score (nSPS) is 28.4. The van der Waals surface area contributed by atoms with E-state index in [-0.39, 0.29) is 29.7 Å². The van der Waals surface area contributed by atoms with Gasteiger partial charge in [0.2, 0.25) is 11.7 Å². The number of benzene rings is 2. The van der Waals surface area contributed by atoms with Gasteiger partial charge in [-0.25, -0.2) is 0 Å². The lowest BCUT2D eigenvalue weighted by Crippen LogP contribution is -2.73. The molecule has 3 aliphatic carbocycles. The summed E-state index contributed by atoms with van der Waals surface area (Å²) in [6.07, 6.45) is -0.312. The van der Waals surface area contributed by atoms with Gasteiger partial charge in [0.05, 0.1) is 18.8 Å². The number of carbonyl (C=O) groups is 3. The van der Waals surface area contributed by atoms with Crippen LogP contribution in [0, 0.1) is 17.8 Å². The Labute approximate surface area is 250 Å². The van der Waals surface area contributed by atoms with Crippen LogP contribution in [-0.2, 0) is 27.3 Å². The molecule has 43 heavy (non-hydrogen) atoms. The second-order valence-electron chi connectivity index (χ2n) is 12.0. The molecule has 2 aromatic carbocycles. The van der Waals surface area contributed by atoms with Crippen LogP contribution in [0.3, 0.4) is 0 Å². The smallest absolute Gasteiger partial charge is 0.230 e. The summed E-state index contributed by atoms with van der Waals surface area (Å²) in [5.74, 6) is -7.13. The van der Waals surface area contributed by atoms with Crippen LogP contribution in [0.25, 0.3) is 16.9 Å². The first-order chi connectivity index (χ1) is 20.4. The molecule has 0 aromatic heterocycles. The van der Waals surface area contributed by atoms with Crippen molar-refractivity contribution in [3.63, 3.8) is 0 Å². The summed E-state index contributed by atoms with van der Waals surface area (Å²) < 4.78 is 5.68. The molecule has 2 unspecified atom stereocenters. The van der Waals surface area contributed by atoms with E-state index in [4.69, 9.17) is 10.5 Å². The van der Waals surface area contributed by atoms with E-state index in [0.717, 1.165) is 24.1 Å². The van der Waals surface area contributed by atoms with E-state index in [1.165, 1.54) is 6.07 Å². The molecule has 0 bridgehead atoms. The number of ketones is 2. The van der Waals surface area contributed by atoms with Crippen molar-refractivity contribution in [3.8, 4) is 22.6 Å². The number of hydrogen-bond donors (Lipinski definition) is 6. The van der Waals surface area contributed by atoms with Crippen molar-refractivity contribution in [1.82, 2.24) is 10.2 Å². The summed E-state index contributed by atoms with van der Waals surface area (Å²) in [4.78, 5) is 41.4. The van der Waals surface area contributed by atoms with Gasteiger partial charge in [0.1, 0.15) is 23.2 Å². The van der Waals surface area contributed by atoms with Crippen molar-refractivity contribution in [3.05, 3.63) is 52.6 Å². The Hall–Kier alpha value is -3.77. The molecule has 11 heteroatoms. The van der Waals surface area contributed by atoms with Crippen LogP contribution >= 0.6 is 0 Å². The zero-order valence-electron chi connectivity index (χ0n) is 24.8. The number of likely N-dealkylation sites (N-methyl/N-ethyl adjacent to an activating group) is 1. The fourth-order valence-corrected chi connectivity index (χ4v) is 7.34. The summed E-state index contributed by atoms with van der Waals surface area (Å²) in [6, 6.07) is 8.01. The largest absolute Gasteiger partial charge is 0.507 e. The molecule has 230 valence electrons. The number of hydrogen-bond acceptors (Lipinski definition) is 10. The summed E-state index contributed by atoms with van der Waals surface area (Å²) in [5.41, 5.74) is 5.63. The van der Waals surface area contributed by atoms with Gasteiger partial charge >= 0.3 is 0 Å². The maximum absolute atomic E-state index is 14.1. The Morgan fingerprint density at radius 1 is 1.16 bits per heavy atom. The number of amides is 1. The van der Waals surface area contributed by atoms with Gasteiger partial charge in [-0.3, -0.25) is 14.4 Å². The maximum Gasteiger partial charge on any atom is 0.230 e. The number of aromatic hydroxyl groups is 1. The van der Waals surface area contributed by atoms with Crippen LogP contribution in [0.1, 0.15) is 36.5 Å². The van der Waals surface area contributed by atoms with Crippen LogP contribution in [0.5, 0.6) is 11.5 Å². The van der Waals surface area contributed by atoms with Crippen LogP contribution in [0.4, 0.5) is 0 Å². The van der Waals surface area contributed by atoms with Crippen LogP contribution < -0.4 is 15.8 Å². The highest BCUT2D eigenvalue weighted by Gasteiger charge is 2.67. The SMILES string of the molecule is CCCNCc1ccc(OC)c(-c2ccc(O)c3c2C[C@@H]2C[C@@H]4[C@@H](N(C)C)C(O)C(C(N)=O)C(=O)[C@]4(O)C(=O)C2=C3O)c1. The van der Waals surface area contributed by atoms with E-state index in [0.29, 0.717) is 23.4 Å². The third-order valence-corrected chi connectivity index (χ3v) is 9.28. The standard InChI is InChI=1S/C32H39N3O8/c1-5-10-34-14-15-6-9-22(43-4)18(11-15)17-7-8-21(36)24-19(17)12-16-13-20-26(35(2)3)28(38)25(31(33)41)30(40)32(20,42)29(39)23(16)27(24)37/h6-9,11,16,20,25-26,28,34,36-38,42H,5,10,12-14H2,1-4H3,(H2,33,41)/t16-,20-,25?,26-,28?,32-/m1/s1. The fraction of sp³-hybridized carbons (Fsp3) is 0.469. The number of aliphatic hydroxyl groups is 3. The summed E-state index contributed by atoms with van der Waals surface area (Å²) in [5, 5.41) is 48.8. The van der Waals surface area contributed by atoms with E-state index in [1.807, 2.05) is 18.2 Å². The van der Waals surface area contributed by atoms with E-state index in [9.17, 15) is 34.8 Å². The molecule has 0 heterocycles. The third-order valence-electron chi connectivity index (χ3n) is 9.28. The van der Waals surface area contributed by atoms with Gasteiger partial charge < -0.3 is 41.1 Å². The predicted molar refractivity (Wildman–Crippen MR) is 158 cm³/mol. The number of methoxy groups -OCH3 is 1. The van der Waals surface area contributed by atoms with Gasteiger partial charge in [-0.15, -0.1) is 0 Å². The average molecular weight is 594 g/mol. The molecule has 1 amide bonds. The molecule has 0 radical (unpaired) electrons. The van der Waals surface area contributed by atoms with Crippen molar-refractivity contribution < 1.29 is 39.5 Å². The quantitative estimate of drug-likeness (QED) is 0.193. The third kappa shape index (κ3) is 4.71. The van der Waals surface area contributed by atoms with Gasteiger partial charge in [0.25, 0.3) is 0 Å². The fourth-order valence-electron chi connectivity index (χ4n) is 7.34. The molecule has 2 fully saturated rings. The Morgan fingerprint density at radius 2 is 1.88 bits per heavy atom. The topological polar surface area (TPSA) is 183 Å². The van der Waals surface area contributed by atoms with Crippen LogP contribution in [0.2, 0.25) is 0 Å². The maximum atomic E-state index is 14.1. The number of nitrogens with zero attached hydrogens (tertiary/aromatic N) is 1. The van der Waals surface area contributed by atoms with Crippen molar-refractivity contribution in [1.29, 1.82) is 0 Å². The highest BCUT2D eigenvalue weighted by molar-refractivity contribution is 6.25. The van der Waals surface area contributed by atoms with Gasteiger partial charge in [-0.05, 0) is 80.7 Å². The zero-order chi connectivity index (χ0) is 31.4. The molecular formula is C32H39N3O8. The molecule has 2 aromatic rings. The number of phenolic OH excluding ortho intramolecular Hbond substituents is 1. The molecule has 3 aliphatic rings. The van der Waals surface area contributed by atoms with Gasteiger partial charge in [-0.2, -0.15) is 0 Å². The minimum atomic E-state index is -2.69. The minimum absolute atomic E-state index is 0.0367. The van der Waals surface area contributed by atoms with Crippen molar-refractivity contribution >= 4 is 23.2 Å².